The molecule has 0 bridgehead atoms. The van der Waals surface area contributed by atoms with Gasteiger partial charge in [0, 0.05) is 11.1 Å². The first kappa shape index (κ1) is 16.9. The monoisotopic (exact) mass is 362 g/mol. The Hall–Kier alpha value is -3.54. The Kier molecular flexibility index (Phi) is 4.38. The van der Waals surface area contributed by atoms with Crippen molar-refractivity contribution in [3.63, 3.8) is 0 Å². The maximum absolute atomic E-state index is 12.4. The maximum Gasteiger partial charge on any atom is 0.231 e. The van der Waals surface area contributed by atoms with Gasteiger partial charge in [-0.15, -0.1) is 0 Å². The van der Waals surface area contributed by atoms with Gasteiger partial charge >= 0.3 is 0 Å². The molecule has 0 unspecified atom stereocenters. The van der Waals surface area contributed by atoms with Gasteiger partial charge in [0.25, 0.3) is 0 Å². The van der Waals surface area contributed by atoms with Crippen molar-refractivity contribution in [2.24, 2.45) is 0 Å². The number of hydrogen-bond acceptors (Lipinski definition) is 5. The van der Waals surface area contributed by atoms with Gasteiger partial charge < -0.3 is 14.2 Å². The Morgan fingerprint density at radius 3 is 2.81 bits per heavy atom. The summed E-state index contributed by atoms with van der Waals surface area (Å²) >= 11 is 0. The van der Waals surface area contributed by atoms with Crippen molar-refractivity contribution in [3.05, 3.63) is 65.4 Å². The number of carbonyl (C=O) groups is 1. The number of fused-ring (bicyclic) bond motifs is 1. The highest BCUT2D eigenvalue weighted by Gasteiger charge is 2.15. The number of nitrogens with zero attached hydrogens (tertiary/aromatic N) is 1. The molecule has 0 fully saturated rings. The molecule has 2 heterocycles. The van der Waals surface area contributed by atoms with Crippen molar-refractivity contribution in [2.45, 2.75) is 6.92 Å². The molecule has 0 radical (unpaired) electrons. The van der Waals surface area contributed by atoms with E-state index in [1.807, 2.05) is 37.3 Å². The fraction of sp³-hybridized carbons (Fsp3) is 0.143. The standard InChI is InChI=1S/C21H18N2O4/c1-13-9-15(4-7-19(13)25-2)18(24)6-5-16-11-17(23-22-16)14-3-8-20-21(10-14)27-12-26-20/h3-11H,12H2,1-2H3,(H,22,23)/b6-5+. The third-order valence-electron chi connectivity index (χ3n) is 4.36. The van der Waals surface area contributed by atoms with Crippen LogP contribution in [0, 0.1) is 6.92 Å². The second-order valence-electron chi connectivity index (χ2n) is 6.16. The summed E-state index contributed by atoms with van der Waals surface area (Å²) in [5.74, 6) is 2.12. The summed E-state index contributed by atoms with van der Waals surface area (Å²) < 4.78 is 15.9. The number of ether oxygens (including phenoxy) is 3. The summed E-state index contributed by atoms with van der Waals surface area (Å²) in [5, 5.41) is 7.23. The van der Waals surface area contributed by atoms with Crippen LogP contribution >= 0.6 is 0 Å². The number of H-pyrrole nitrogens is 1. The highest BCUT2D eigenvalue weighted by Crippen LogP contribution is 2.35. The van der Waals surface area contributed by atoms with Gasteiger partial charge in [0.2, 0.25) is 6.79 Å². The summed E-state index contributed by atoms with van der Waals surface area (Å²) in [4.78, 5) is 12.4. The average molecular weight is 362 g/mol. The van der Waals surface area contributed by atoms with Crippen molar-refractivity contribution < 1.29 is 19.0 Å². The Morgan fingerprint density at radius 2 is 2.00 bits per heavy atom. The third-order valence-corrected chi connectivity index (χ3v) is 4.36. The number of methoxy groups -OCH3 is 1. The van der Waals surface area contributed by atoms with Gasteiger partial charge in [-0.25, -0.2) is 0 Å². The van der Waals surface area contributed by atoms with Crippen LogP contribution in [-0.2, 0) is 0 Å². The van der Waals surface area contributed by atoms with Crippen LogP contribution in [0.4, 0.5) is 0 Å². The number of aryl methyl sites for hydroxylation is 1. The van der Waals surface area contributed by atoms with E-state index in [0.29, 0.717) is 11.3 Å². The molecular weight excluding hydrogens is 344 g/mol. The highest BCUT2D eigenvalue weighted by atomic mass is 16.7. The molecule has 1 aliphatic heterocycles. The van der Waals surface area contributed by atoms with Crippen LogP contribution in [0.15, 0.2) is 48.5 Å². The van der Waals surface area contributed by atoms with E-state index in [1.165, 1.54) is 6.08 Å². The second kappa shape index (κ2) is 6.99. The second-order valence-corrected chi connectivity index (χ2v) is 6.16. The predicted molar refractivity (Wildman–Crippen MR) is 101 cm³/mol. The molecule has 136 valence electrons. The predicted octanol–water partition coefficient (Wildman–Crippen LogP) is 4.02. The molecule has 6 nitrogen and oxygen atoms in total. The molecule has 2 aromatic carbocycles. The number of aromatic nitrogens is 2. The van der Waals surface area contributed by atoms with E-state index >= 15 is 0 Å². The smallest absolute Gasteiger partial charge is 0.231 e. The molecule has 0 spiro atoms. The first-order valence-electron chi connectivity index (χ1n) is 8.46. The Balaban J connectivity index is 1.50. The van der Waals surface area contributed by atoms with E-state index in [0.717, 1.165) is 34.0 Å². The number of ketones is 1. The lowest BCUT2D eigenvalue weighted by Crippen LogP contribution is -1.96. The van der Waals surface area contributed by atoms with Crippen molar-refractivity contribution >= 4 is 11.9 Å². The first-order chi connectivity index (χ1) is 13.1. The van der Waals surface area contributed by atoms with Gasteiger partial charge in [0.1, 0.15) is 5.75 Å². The minimum absolute atomic E-state index is 0.0833. The summed E-state index contributed by atoms with van der Waals surface area (Å²) in [6, 6.07) is 12.9. The zero-order valence-electron chi connectivity index (χ0n) is 15.0. The van der Waals surface area contributed by atoms with E-state index in [-0.39, 0.29) is 12.6 Å². The van der Waals surface area contributed by atoms with Crippen molar-refractivity contribution in [3.8, 4) is 28.5 Å². The minimum Gasteiger partial charge on any atom is -0.496 e. The lowest BCUT2D eigenvalue weighted by Gasteiger charge is -2.05. The molecular formula is C21H18N2O4. The number of benzene rings is 2. The molecule has 0 atom stereocenters. The normalized spacial score (nSPS) is 12.5. The van der Waals surface area contributed by atoms with Gasteiger partial charge in [-0.1, -0.05) is 0 Å². The van der Waals surface area contributed by atoms with Gasteiger partial charge in [0.05, 0.1) is 18.5 Å². The first-order valence-corrected chi connectivity index (χ1v) is 8.46. The molecule has 1 aliphatic rings. The van der Waals surface area contributed by atoms with Crippen LogP contribution in [0.5, 0.6) is 17.2 Å². The highest BCUT2D eigenvalue weighted by molar-refractivity contribution is 6.07. The van der Waals surface area contributed by atoms with Crippen LogP contribution in [0.3, 0.4) is 0 Å². The number of nitrogens with one attached hydrogen (secondary N) is 1. The van der Waals surface area contributed by atoms with E-state index in [9.17, 15) is 4.79 Å². The number of rotatable bonds is 5. The maximum atomic E-state index is 12.4. The van der Waals surface area contributed by atoms with E-state index in [1.54, 1.807) is 25.3 Å². The lowest BCUT2D eigenvalue weighted by atomic mass is 10.1. The molecule has 1 N–H and O–H groups in total. The van der Waals surface area contributed by atoms with E-state index in [4.69, 9.17) is 14.2 Å². The average Bonchev–Trinajstić information content (AvgIpc) is 3.34. The zero-order valence-corrected chi connectivity index (χ0v) is 15.0. The van der Waals surface area contributed by atoms with Crippen LogP contribution in [0.25, 0.3) is 17.3 Å². The summed E-state index contributed by atoms with van der Waals surface area (Å²) in [7, 11) is 1.61. The Bertz CT molecular complexity index is 1040. The fourth-order valence-electron chi connectivity index (χ4n) is 2.92. The van der Waals surface area contributed by atoms with Gasteiger partial charge in [0.15, 0.2) is 17.3 Å². The van der Waals surface area contributed by atoms with Gasteiger partial charge in [-0.3, -0.25) is 9.89 Å². The molecule has 1 aromatic heterocycles. The SMILES string of the molecule is COc1ccc(C(=O)/C=C/c2cc(-c3ccc4c(c3)OCO4)n[nH]2)cc1C. The summed E-state index contributed by atoms with van der Waals surface area (Å²) in [6.07, 6.45) is 3.24. The number of aromatic amines is 1. The van der Waals surface area contributed by atoms with Crippen LogP contribution in [0.1, 0.15) is 21.6 Å². The van der Waals surface area contributed by atoms with Crippen molar-refractivity contribution in [2.75, 3.05) is 13.9 Å². The molecule has 0 aliphatic carbocycles. The Morgan fingerprint density at radius 1 is 1.15 bits per heavy atom. The molecule has 3 aromatic rings. The molecule has 4 rings (SSSR count). The fourth-order valence-corrected chi connectivity index (χ4v) is 2.92. The number of allylic oxidation sites excluding steroid dienone is 1. The molecule has 6 heteroatoms. The molecule has 0 saturated carbocycles. The molecule has 27 heavy (non-hydrogen) atoms. The van der Waals surface area contributed by atoms with Crippen LogP contribution < -0.4 is 14.2 Å². The summed E-state index contributed by atoms with van der Waals surface area (Å²) in [6.45, 7) is 2.14. The largest absolute Gasteiger partial charge is 0.496 e. The quantitative estimate of drug-likeness (QED) is 0.548. The van der Waals surface area contributed by atoms with Crippen LogP contribution in [-0.4, -0.2) is 29.9 Å². The molecule has 0 saturated heterocycles. The zero-order chi connectivity index (χ0) is 18.8. The van der Waals surface area contributed by atoms with Crippen molar-refractivity contribution in [1.82, 2.24) is 10.2 Å². The number of hydrogen-bond donors (Lipinski definition) is 1. The molecule has 0 amide bonds. The van der Waals surface area contributed by atoms with E-state index < -0.39 is 0 Å². The van der Waals surface area contributed by atoms with Crippen LogP contribution in [0.2, 0.25) is 0 Å². The Labute approximate surface area is 156 Å². The lowest BCUT2D eigenvalue weighted by molar-refractivity contribution is 0.104. The van der Waals surface area contributed by atoms with Crippen molar-refractivity contribution in [1.29, 1.82) is 0 Å². The van der Waals surface area contributed by atoms with Gasteiger partial charge in [-0.05, 0) is 67.1 Å². The summed E-state index contributed by atoms with van der Waals surface area (Å²) in [5.41, 5.74) is 3.94. The third kappa shape index (κ3) is 3.42. The van der Waals surface area contributed by atoms with Gasteiger partial charge in [-0.2, -0.15) is 5.10 Å². The number of carbonyl (C=O) groups excluding carboxylic acids is 1. The van der Waals surface area contributed by atoms with E-state index in [2.05, 4.69) is 10.2 Å². The minimum atomic E-state index is -0.0833. The topological polar surface area (TPSA) is 73.4 Å².